The maximum absolute atomic E-state index is 9.25. The number of piperazine rings is 1. The fraction of sp³-hybridized carbons (Fsp3) is 0.692. The van der Waals surface area contributed by atoms with Crippen molar-refractivity contribution in [2.45, 2.75) is 18.9 Å². The van der Waals surface area contributed by atoms with Gasteiger partial charge in [0.25, 0.3) is 0 Å². The molecule has 3 rings (SSSR count). The first-order valence-corrected chi connectivity index (χ1v) is 6.73. The molecule has 0 bridgehead atoms. The number of aliphatic hydroxyl groups excluding tert-OH is 1. The molecule has 0 spiro atoms. The summed E-state index contributed by atoms with van der Waals surface area (Å²) in [5.41, 5.74) is 0. The average Bonchev–Trinajstić information content (AvgIpc) is 2.47. The molecule has 5 heteroatoms. The van der Waals surface area contributed by atoms with Gasteiger partial charge in [0, 0.05) is 51.2 Å². The van der Waals surface area contributed by atoms with Crippen molar-refractivity contribution in [1.29, 1.82) is 0 Å². The molecule has 3 heterocycles. The highest BCUT2D eigenvalue weighted by Gasteiger charge is 2.33. The van der Waals surface area contributed by atoms with Crippen molar-refractivity contribution in [3.05, 3.63) is 18.5 Å². The maximum Gasteiger partial charge on any atom is 0.225 e. The summed E-state index contributed by atoms with van der Waals surface area (Å²) < 4.78 is 0. The summed E-state index contributed by atoms with van der Waals surface area (Å²) in [6.07, 6.45) is 5.92. The number of anilines is 1. The zero-order chi connectivity index (χ0) is 12.4. The van der Waals surface area contributed by atoms with E-state index in [2.05, 4.69) is 19.8 Å². The van der Waals surface area contributed by atoms with Crippen molar-refractivity contribution >= 4 is 5.95 Å². The van der Waals surface area contributed by atoms with E-state index in [1.807, 2.05) is 6.07 Å². The first-order valence-electron chi connectivity index (χ1n) is 6.73. The summed E-state index contributed by atoms with van der Waals surface area (Å²) in [5, 5.41) is 9.25. The lowest BCUT2D eigenvalue weighted by Crippen LogP contribution is -2.57. The summed E-state index contributed by atoms with van der Waals surface area (Å²) >= 11 is 0. The van der Waals surface area contributed by atoms with Crippen LogP contribution in [0.1, 0.15) is 12.8 Å². The molecule has 5 nitrogen and oxygen atoms in total. The quantitative estimate of drug-likeness (QED) is 0.819. The van der Waals surface area contributed by atoms with E-state index in [0.717, 1.165) is 38.5 Å². The van der Waals surface area contributed by atoms with Gasteiger partial charge in [-0.2, -0.15) is 0 Å². The molecule has 0 unspecified atom stereocenters. The smallest absolute Gasteiger partial charge is 0.225 e. The Kier molecular flexibility index (Phi) is 3.43. The Balaban J connectivity index is 1.65. The number of aliphatic hydroxyl groups is 1. The molecule has 1 aromatic rings. The Morgan fingerprint density at radius 2 is 2.00 bits per heavy atom. The molecule has 1 aromatic heterocycles. The molecule has 1 N–H and O–H groups in total. The van der Waals surface area contributed by atoms with Crippen molar-refractivity contribution in [2.75, 3.05) is 37.7 Å². The third-order valence-electron chi connectivity index (χ3n) is 4.10. The standard InChI is InChI=1S/C13H20N4O/c18-10-11-2-3-12-9-17(7-6-16(12)8-11)13-14-4-1-5-15-13/h1,4-5,11-12,18H,2-3,6-10H2/t11-,12-/m0/s1. The Labute approximate surface area is 107 Å². The first-order chi connectivity index (χ1) is 8.86. The normalized spacial score (nSPS) is 29.1. The number of rotatable bonds is 2. The SMILES string of the molecule is OC[C@H]1CC[C@H]2CN(c3ncccn3)CCN2C1. The second-order valence-electron chi connectivity index (χ2n) is 5.27. The molecule has 2 saturated heterocycles. The van der Waals surface area contributed by atoms with Gasteiger partial charge >= 0.3 is 0 Å². The van der Waals surface area contributed by atoms with Crippen LogP contribution in [0.5, 0.6) is 0 Å². The number of hydrogen-bond donors (Lipinski definition) is 1. The van der Waals surface area contributed by atoms with Gasteiger partial charge in [-0.15, -0.1) is 0 Å². The molecule has 2 atom stereocenters. The Morgan fingerprint density at radius 1 is 1.17 bits per heavy atom. The van der Waals surface area contributed by atoms with Gasteiger partial charge in [-0.05, 0) is 24.8 Å². The largest absolute Gasteiger partial charge is 0.396 e. The van der Waals surface area contributed by atoms with E-state index in [1.54, 1.807) is 12.4 Å². The number of fused-ring (bicyclic) bond motifs is 1. The second-order valence-corrected chi connectivity index (χ2v) is 5.27. The van der Waals surface area contributed by atoms with Gasteiger partial charge in [0.2, 0.25) is 5.95 Å². The Hall–Kier alpha value is -1.20. The summed E-state index contributed by atoms with van der Waals surface area (Å²) in [4.78, 5) is 13.5. The van der Waals surface area contributed by atoms with Crippen LogP contribution in [-0.4, -0.2) is 58.8 Å². The fourth-order valence-corrected chi connectivity index (χ4v) is 3.04. The van der Waals surface area contributed by atoms with Gasteiger partial charge in [-0.1, -0.05) is 0 Å². The number of hydrogen-bond acceptors (Lipinski definition) is 5. The van der Waals surface area contributed by atoms with E-state index in [1.165, 1.54) is 6.42 Å². The van der Waals surface area contributed by atoms with E-state index in [9.17, 15) is 5.11 Å². The summed E-state index contributed by atoms with van der Waals surface area (Å²) in [5.74, 6) is 1.32. The lowest BCUT2D eigenvalue weighted by Gasteiger charge is -2.46. The van der Waals surface area contributed by atoms with Gasteiger partial charge in [-0.3, -0.25) is 4.90 Å². The third-order valence-corrected chi connectivity index (χ3v) is 4.10. The van der Waals surface area contributed by atoms with Crippen LogP contribution < -0.4 is 4.90 Å². The summed E-state index contributed by atoms with van der Waals surface area (Å²) in [7, 11) is 0. The topological polar surface area (TPSA) is 52.5 Å². The van der Waals surface area contributed by atoms with Crippen molar-refractivity contribution in [1.82, 2.24) is 14.9 Å². The van der Waals surface area contributed by atoms with Crippen molar-refractivity contribution < 1.29 is 5.11 Å². The summed E-state index contributed by atoms with van der Waals surface area (Å²) in [6, 6.07) is 2.46. The van der Waals surface area contributed by atoms with Crippen LogP contribution in [-0.2, 0) is 0 Å². The number of piperidine rings is 1. The minimum atomic E-state index is 0.328. The molecule has 0 radical (unpaired) electrons. The minimum absolute atomic E-state index is 0.328. The molecule has 0 amide bonds. The van der Waals surface area contributed by atoms with E-state index in [0.29, 0.717) is 18.6 Å². The van der Waals surface area contributed by atoms with Gasteiger partial charge in [0.15, 0.2) is 0 Å². The van der Waals surface area contributed by atoms with Gasteiger partial charge in [-0.25, -0.2) is 9.97 Å². The van der Waals surface area contributed by atoms with E-state index >= 15 is 0 Å². The molecule has 2 fully saturated rings. The zero-order valence-corrected chi connectivity index (χ0v) is 10.6. The Bertz CT molecular complexity index is 386. The highest BCUT2D eigenvalue weighted by atomic mass is 16.3. The van der Waals surface area contributed by atoms with Crippen molar-refractivity contribution in [3.8, 4) is 0 Å². The number of nitrogens with zero attached hydrogens (tertiary/aromatic N) is 4. The van der Waals surface area contributed by atoms with Gasteiger partial charge in [0.1, 0.15) is 0 Å². The third kappa shape index (κ3) is 2.33. The van der Waals surface area contributed by atoms with Crippen molar-refractivity contribution in [3.63, 3.8) is 0 Å². The molecule has 2 aliphatic heterocycles. The lowest BCUT2D eigenvalue weighted by atomic mass is 9.92. The molecular formula is C13H20N4O. The predicted molar refractivity (Wildman–Crippen MR) is 69.4 cm³/mol. The van der Waals surface area contributed by atoms with E-state index in [-0.39, 0.29) is 0 Å². The van der Waals surface area contributed by atoms with Crippen LogP contribution in [0.2, 0.25) is 0 Å². The number of aromatic nitrogens is 2. The molecular weight excluding hydrogens is 228 g/mol. The molecule has 0 aromatic carbocycles. The monoisotopic (exact) mass is 248 g/mol. The minimum Gasteiger partial charge on any atom is -0.396 e. The molecule has 2 aliphatic rings. The average molecular weight is 248 g/mol. The maximum atomic E-state index is 9.25. The van der Waals surface area contributed by atoms with E-state index in [4.69, 9.17) is 0 Å². The second kappa shape index (κ2) is 5.20. The highest BCUT2D eigenvalue weighted by molar-refractivity contribution is 5.30. The lowest BCUT2D eigenvalue weighted by molar-refractivity contribution is 0.0670. The van der Waals surface area contributed by atoms with Crippen LogP contribution in [0, 0.1) is 5.92 Å². The van der Waals surface area contributed by atoms with Crippen LogP contribution in [0.25, 0.3) is 0 Å². The zero-order valence-electron chi connectivity index (χ0n) is 10.6. The molecule has 18 heavy (non-hydrogen) atoms. The van der Waals surface area contributed by atoms with E-state index < -0.39 is 0 Å². The van der Waals surface area contributed by atoms with Crippen LogP contribution in [0.3, 0.4) is 0 Å². The molecule has 0 saturated carbocycles. The molecule has 0 aliphatic carbocycles. The van der Waals surface area contributed by atoms with Crippen LogP contribution in [0.4, 0.5) is 5.95 Å². The fourth-order valence-electron chi connectivity index (χ4n) is 3.04. The van der Waals surface area contributed by atoms with Gasteiger partial charge < -0.3 is 10.0 Å². The predicted octanol–water partition coefficient (Wildman–Crippen LogP) is 0.369. The highest BCUT2D eigenvalue weighted by Crippen LogP contribution is 2.25. The molecule has 98 valence electrons. The summed E-state index contributed by atoms with van der Waals surface area (Å²) in [6.45, 7) is 4.43. The van der Waals surface area contributed by atoms with Gasteiger partial charge in [0.05, 0.1) is 0 Å². The first kappa shape index (κ1) is 11.9. The van der Waals surface area contributed by atoms with Crippen LogP contribution in [0.15, 0.2) is 18.5 Å². The Morgan fingerprint density at radius 3 is 2.78 bits per heavy atom. The van der Waals surface area contributed by atoms with Crippen LogP contribution >= 0.6 is 0 Å². The van der Waals surface area contributed by atoms with Crippen molar-refractivity contribution in [2.24, 2.45) is 5.92 Å².